The van der Waals surface area contributed by atoms with Crippen LogP contribution in [0.15, 0.2) is 72.9 Å². The van der Waals surface area contributed by atoms with Crippen LogP contribution in [-0.2, 0) is 4.79 Å². The number of carbonyl (C=O) groups is 2. The molecule has 2 heterocycles. The Balaban J connectivity index is 1.54. The number of amides is 2. The van der Waals surface area contributed by atoms with Crippen LogP contribution in [-0.4, -0.2) is 41.9 Å². The average molecular weight is 485 g/mol. The van der Waals surface area contributed by atoms with Gasteiger partial charge in [0.2, 0.25) is 0 Å². The third-order valence-corrected chi connectivity index (χ3v) is 5.81. The maximum atomic E-state index is 13.5. The van der Waals surface area contributed by atoms with Crippen molar-refractivity contribution in [3.05, 3.63) is 78.5 Å². The van der Waals surface area contributed by atoms with Crippen LogP contribution in [0.4, 0.5) is 11.4 Å². The predicted octanol–water partition coefficient (Wildman–Crippen LogP) is 4.53. The number of hydrogen-bond acceptors (Lipinski definition) is 6. The maximum absolute atomic E-state index is 13.5. The fourth-order valence-corrected chi connectivity index (χ4v) is 3.93. The summed E-state index contributed by atoms with van der Waals surface area (Å²) in [5, 5.41) is 10.4. The SMILES string of the molecule is COc1ccc(-c2nn(-c3ccccc3)cc2C(=O)Nc2ccc3c(c2)NC(=O)C(C)O3)c(OC)c1. The highest BCUT2D eigenvalue weighted by atomic mass is 16.5. The van der Waals surface area contributed by atoms with Crippen LogP contribution in [0.2, 0.25) is 0 Å². The molecular weight excluding hydrogens is 460 g/mol. The van der Waals surface area contributed by atoms with Crippen LogP contribution in [0.1, 0.15) is 17.3 Å². The van der Waals surface area contributed by atoms with E-state index in [-0.39, 0.29) is 11.8 Å². The number of ether oxygens (including phenoxy) is 3. The fourth-order valence-electron chi connectivity index (χ4n) is 3.93. The van der Waals surface area contributed by atoms with Crippen molar-refractivity contribution in [1.82, 2.24) is 9.78 Å². The minimum absolute atomic E-state index is 0.246. The van der Waals surface area contributed by atoms with Crippen molar-refractivity contribution in [3.8, 4) is 34.2 Å². The maximum Gasteiger partial charge on any atom is 0.265 e. The third-order valence-electron chi connectivity index (χ3n) is 5.81. The Morgan fingerprint density at radius 1 is 1.06 bits per heavy atom. The van der Waals surface area contributed by atoms with Gasteiger partial charge in [-0.2, -0.15) is 5.10 Å². The van der Waals surface area contributed by atoms with E-state index in [1.807, 2.05) is 30.3 Å². The van der Waals surface area contributed by atoms with Crippen LogP contribution in [0.3, 0.4) is 0 Å². The molecule has 1 unspecified atom stereocenters. The zero-order valence-corrected chi connectivity index (χ0v) is 19.9. The summed E-state index contributed by atoms with van der Waals surface area (Å²) in [4.78, 5) is 25.5. The number of benzene rings is 3. The highest BCUT2D eigenvalue weighted by Crippen LogP contribution is 2.36. The van der Waals surface area contributed by atoms with Crippen molar-refractivity contribution in [1.29, 1.82) is 0 Å². The summed E-state index contributed by atoms with van der Waals surface area (Å²) in [6.07, 6.45) is 1.10. The Bertz CT molecular complexity index is 1450. The number of hydrogen-bond donors (Lipinski definition) is 2. The highest BCUT2D eigenvalue weighted by Gasteiger charge is 2.25. The van der Waals surface area contributed by atoms with Gasteiger partial charge in [0.15, 0.2) is 6.10 Å². The number of para-hydroxylation sites is 1. The second-order valence-electron chi connectivity index (χ2n) is 8.15. The first-order chi connectivity index (χ1) is 17.5. The van der Waals surface area contributed by atoms with Crippen LogP contribution >= 0.6 is 0 Å². The van der Waals surface area contributed by atoms with Crippen molar-refractivity contribution in [2.45, 2.75) is 13.0 Å². The molecule has 0 saturated heterocycles. The minimum Gasteiger partial charge on any atom is -0.497 e. The van der Waals surface area contributed by atoms with Gasteiger partial charge < -0.3 is 24.8 Å². The van der Waals surface area contributed by atoms with Crippen LogP contribution < -0.4 is 24.8 Å². The Hall–Kier alpha value is -4.79. The molecule has 9 nitrogen and oxygen atoms in total. The Morgan fingerprint density at radius 3 is 2.61 bits per heavy atom. The number of nitrogens with one attached hydrogen (secondary N) is 2. The van der Waals surface area contributed by atoms with Crippen LogP contribution in [0, 0.1) is 0 Å². The molecule has 4 aromatic rings. The van der Waals surface area contributed by atoms with E-state index in [0.29, 0.717) is 45.4 Å². The number of fused-ring (bicyclic) bond motifs is 1. The molecule has 2 amide bonds. The molecule has 1 atom stereocenters. The molecule has 0 bridgehead atoms. The molecule has 3 aromatic carbocycles. The summed E-state index contributed by atoms with van der Waals surface area (Å²) in [5.41, 5.74) is 3.21. The lowest BCUT2D eigenvalue weighted by atomic mass is 10.1. The quantitative estimate of drug-likeness (QED) is 0.417. The predicted molar refractivity (Wildman–Crippen MR) is 135 cm³/mol. The van der Waals surface area contributed by atoms with E-state index in [2.05, 4.69) is 10.6 Å². The summed E-state index contributed by atoms with van der Waals surface area (Å²) in [6.45, 7) is 1.67. The van der Waals surface area contributed by atoms with Gasteiger partial charge in [0.1, 0.15) is 22.9 Å². The number of carbonyl (C=O) groups excluding carboxylic acids is 2. The molecule has 0 aliphatic carbocycles. The van der Waals surface area contributed by atoms with Gasteiger partial charge in [0, 0.05) is 23.5 Å². The standard InChI is InChI=1S/C27H24N4O5/c1-16-26(32)29-22-13-17(9-12-23(22)36-16)28-27(33)21-15-31(18-7-5-4-6-8-18)30-25(21)20-11-10-19(34-2)14-24(20)35-3/h4-16H,1-3H3,(H,28,33)(H,29,32). The second-order valence-corrected chi connectivity index (χ2v) is 8.15. The topological polar surface area (TPSA) is 104 Å². The molecule has 182 valence electrons. The van der Waals surface area contributed by atoms with Gasteiger partial charge in [-0.05, 0) is 49.4 Å². The molecule has 0 spiro atoms. The molecule has 1 aliphatic heterocycles. The smallest absolute Gasteiger partial charge is 0.265 e. The number of methoxy groups -OCH3 is 2. The molecular formula is C27H24N4O5. The van der Waals surface area contributed by atoms with Gasteiger partial charge in [-0.3, -0.25) is 9.59 Å². The van der Waals surface area contributed by atoms with Gasteiger partial charge in [0.25, 0.3) is 11.8 Å². The summed E-state index contributed by atoms with van der Waals surface area (Å²) in [6, 6.07) is 19.9. The van der Waals surface area contributed by atoms with E-state index < -0.39 is 6.10 Å². The lowest BCUT2D eigenvalue weighted by molar-refractivity contribution is -0.122. The minimum atomic E-state index is -0.580. The van der Waals surface area contributed by atoms with E-state index in [1.54, 1.807) is 68.4 Å². The summed E-state index contributed by atoms with van der Waals surface area (Å²) in [5.74, 6) is 1.06. The molecule has 0 saturated carbocycles. The van der Waals surface area contributed by atoms with E-state index >= 15 is 0 Å². The first-order valence-electron chi connectivity index (χ1n) is 11.3. The lowest BCUT2D eigenvalue weighted by Gasteiger charge is -2.23. The average Bonchev–Trinajstić information content (AvgIpc) is 3.35. The molecule has 1 aromatic heterocycles. The summed E-state index contributed by atoms with van der Waals surface area (Å²) >= 11 is 0. The number of rotatable bonds is 6. The van der Waals surface area contributed by atoms with Gasteiger partial charge in [-0.25, -0.2) is 4.68 Å². The van der Waals surface area contributed by atoms with Crippen molar-refractivity contribution in [2.24, 2.45) is 0 Å². The third kappa shape index (κ3) is 4.34. The molecule has 5 rings (SSSR count). The monoisotopic (exact) mass is 484 g/mol. The van der Waals surface area contributed by atoms with Crippen molar-refractivity contribution in [2.75, 3.05) is 24.9 Å². The van der Waals surface area contributed by atoms with Crippen LogP contribution in [0.5, 0.6) is 17.2 Å². The normalized spacial score (nSPS) is 14.3. The molecule has 2 N–H and O–H groups in total. The Kier molecular flexibility index (Phi) is 6.03. The summed E-state index contributed by atoms with van der Waals surface area (Å²) < 4.78 is 18.1. The molecule has 1 aliphatic rings. The molecule has 0 fully saturated rings. The molecule has 9 heteroatoms. The molecule has 36 heavy (non-hydrogen) atoms. The number of nitrogens with zero attached hydrogens (tertiary/aromatic N) is 2. The lowest BCUT2D eigenvalue weighted by Crippen LogP contribution is -2.34. The largest absolute Gasteiger partial charge is 0.497 e. The highest BCUT2D eigenvalue weighted by molar-refractivity contribution is 6.09. The first kappa shape index (κ1) is 23.0. The fraction of sp³-hybridized carbons (Fsp3) is 0.148. The summed E-state index contributed by atoms with van der Waals surface area (Å²) in [7, 11) is 3.13. The Labute approximate surface area is 207 Å². The zero-order valence-electron chi connectivity index (χ0n) is 19.9. The number of anilines is 2. The van der Waals surface area contributed by atoms with E-state index in [4.69, 9.17) is 19.3 Å². The van der Waals surface area contributed by atoms with Gasteiger partial charge in [0.05, 0.1) is 31.2 Å². The van der Waals surface area contributed by atoms with E-state index in [9.17, 15) is 9.59 Å². The van der Waals surface area contributed by atoms with Crippen molar-refractivity contribution in [3.63, 3.8) is 0 Å². The van der Waals surface area contributed by atoms with Crippen LogP contribution in [0.25, 0.3) is 16.9 Å². The van der Waals surface area contributed by atoms with Gasteiger partial charge >= 0.3 is 0 Å². The van der Waals surface area contributed by atoms with Gasteiger partial charge in [-0.1, -0.05) is 18.2 Å². The van der Waals surface area contributed by atoms with Crippen molar-refractivity contribution < 1.29 is 23.8 Å². The molecule has 0 radical (unpaired) electrons. The van der Waals surface area contributed by atoms with Crippen molar-refractivity contribution >= 4 is 23.2 Å². The first-order valence-corrected chi connectivity index (χ1v) is 11.3. The van der Waals surface area contributed by atoms with Gasteiger partial charge in [-0.15, -0.1) is 0 Å². The second kappa shape index (κ2) is 9.46. The van der Waals surface area contributed by atoms with E-state index in [0.717, 1.165) is 5.69 Å². The van der Waals surface area contributed by atoms with E-state index in [1.165, 1.54) is 0 Å². The number of aromatic nitrogens is 2. The Morgan fingerprint density at radius 2 is 1.86 bits per heavy atom. The zero-order chi connectivity index (χ0) is 25.2.